The molecule has 2 aromatic rings. The number of ether oxygens (including phenoxy) is 3. The van der Waals surface area contributed by atoms with E-state index in [-0.39, 0.29) is 53.2 Å². The number of aliphatic hydroxyl groups is 1. The number of rotatable bonds is 14. The second-order valence-electron chi connectivity index (χ2n) is 11.1. The molecular formula is C25H39ClFN6O8PS2. The highest BCUT2D eigenvalue weighted by Gasteiger charge is 2.58. The van der Waals surface area contributed by atoms with Crippen molar-refractivity contribution in [3.05, 3.63) is 6.33 Å². The van der Waals surface area contributed by atoms with Crippen LogP contribution in [0.3, 0.4) is 0 Å². The number of alkyl halides is 2. The molecule has 0 amide bonds. The molecule has 2 aromatic heterocycles. The molecule has 44 heavy (non-hydrogen) atoms. The van der Waals surface area contributed by atoms with Crippen LogP contribution in [0, 0.1) is 5.41 Å². The summed E-state index contributed by atoms with van der Waals surface area (Å²) in [6.45, 7) is 8.33. The Bertz CT molecular complexity index is 1380. The number of esters is 1. The van der Waals surface area contributed by atoms with Crippen LogP contribution in [0.5, 0.6) is 5.88 Å². The predicted octanol–water partition coefficient (Wildman–Crippen LogP) is 3.46. The molecule has 0 aromatic carbocycles. The Kier molecular flexibility index (Phi) is 12.4. The molecule has 0 radical (unpaired) electrons. The van der Waals surface area contributed by atoms with Crippen LogP contribution < -0.4 is 15.6 Å². The zero-order chi connectivity index (χ0) is 33.0. The Morgan fingerprint density at radius 3 is 2.64 bits per heavy atom. The standard InChI is InChI=1S/C25H39ClFN6O8PS2/c1-8-37-19-16-18(30-23(28)31-19)33(12-29-16)21-25(26,27)17(34)15(41-21)11-39-42(43,32-14(4)20(35)40-13(2)3)38-9-10-44-22(36)24(5,6)7/h12-15,17,21,34H,8-11H2,1-7H3,(H,32,43)(H2,28,30,31)/t14-,15+,17+,21+,25-,42+/m0/s1. The zero-order valence-corrected chi connectivity index (χ0v) is 28.8. The Morgan fingerprint density at radius 2 is 2.02 bits per heavy atom. The molecule has 14 nitrogen and oxygen atoms in total. The minimum atomic E-state index is -3.51. The number of aromatic nitrogens is 4. The SMILES string of the molecule is CCOc1nc(N)nc2c1ncn2[C@@H]1O[C@H](CO[P@@](=S)(N[C@@H](C)C(=O)OC(C)C)OCCSC(=O)C(C)(C)C)[C@@H](O)[C@@]1(F)Cl. The maximum atomic E-state index is 15.9. The number of nitrogens with one attached hydrogen (secondary N) is 1. The number of carbonyl (C=O) groups excluding carboxylic acids is 2. The summed E-state index contributed by atoms with van der Waals surface area (Å²) in [4.78, 5) is 37.1. The summed E-state index contributed by atoms with van der Waals surface area (Å²) >= 11 is 12.9. The summed E-state index contributed by atoms with van der Waals surface area (Å²) in [7, 11) is 0. The Labute approximate surface area is 269 Å². The molecule has 19 heteroatoms. The van der Waals surface area contributed by atoms with Gasteiger partial charge < -0.3 is 34.1 Å². The normalized spacial score (nSPS) is 24.4. The topological polar surface area (TPSA) is 182 Å². The first-order valence-electron chi connectivity index (χ1n) is 13.8. The molecule has 6 atom stereocenters. The van der Waals surface area contributed by atoms with E-state index < -0.39 is 54.2 Å². The van der Waals surface area contributed by atoms with Crippen molar-refractivity contribution in [2.45, 2.75) is 84.2 Å². The fourth-order valence-electron chi connectivity index (χ4n) is 3.84. The van der Waals surface area contributed by atoms with E-state index in [9.17, 15) is 14.7 Å². The lowest BCUT2D eigenvalue weighted by atomic mass is 10.00. The average Bonchev–Trinajstić information content (AvgIpc) is 3.42. The third kappa shape index (κ3) is 8.97. The van der Waals surface area contributed by atoms with Gasteiger partial charge in [0, 0.05) is 11.2 Å². The lowest BCUT2D eigenvalue weighted by Gasteiger charge is -2.28. The minimum Gasteiger partial charge on any atom is -0.476 e. The third-order valence-electron chi connectivity index (χ3n) is 5.98. The van der Waals surface area contributed by atoms with Crippen LogP contribution in [0.4, 0.5) is 10.3 Å². The number of hydrogen-bond acceptors (Lipinski definition) is 14. The van der Waals surface area contributed by atoms with E-state index in [0.717, 1.165) is 11.8 Å². The van der Waals surface area contributed by atoms with Crippen molar-refractivity contribution < 1.29 is 42.3 Å². The average molecular weight is 701 g/mol. The van der Waals surface area contributed by atoms with Gasteiger partial charge >= 0.3 is 5.97 Å². The fourth-order valence-corrected chi connectivity index (χ4v) is 7.40. The summed E-state index contributed by atoms with van der Waals surface area (Å²) in [5, 5.41) is 10.8. The number of hydrogen-bond donors (Lipinski definition) is 3. The van der Waals surface area contributed by atoms with Crippen molar-refractivity contribution in [1.29, 1.82) is 0 Å². The van der Waals surface area contributed by atoms with Crippen LogP contribution in [0.1, 0.15) is 54.7 Å². The number of halogens is 2. The highest BCUT2D eigenvalue weighted by atomic mass is 35.5. The Morgan fingerprint density at radius 1 is 1.34 bits per heavy atom. The molecule has 248 valence electrons. The van der Waals surface area contributed by atoms with E-state index in [1.54, 1.807) is 41.5 Å². The monoisotopic (exact) mass is 700 g/mol. The number of anilines is 1. The Hall–Kier alpha value is -1.69. The highest BCUT2D eigenvalue weighted by Crippen LogP contribution is 2.49. The van der Waals surface area contributed by atoms with Gasteiger partial charge in [-0.2, -0.15) is 9.97 Å². The van der Waals surface area contributed by atoms with Crippen LogP contribution in [0.25, 0.3) is 11.2 Å². The van der Waals surface area contributed by atoms with Gasteiger partial charge in [-0.15, -0.1) is 0 Å². The van der Waals surface area contributed by atoms with Gasteiger partial charge in [-0.1, -0.05) is 44.1 Å². The lowest BCUT2D eigenvalue weighted by molar-refractivity contribution is -0.149. The highest BCUT2D eigenvalue weighted by molar-refractivity contribution is 8.13. The van der Waals surface area contributed by atoms with E-state index in [2.05, 4.69) is 20.0 Å². The second kappa shape index (κ2) is 14.8. The molecule has 1 aliphatic heterocycles. The second-order valence-corrected chi connectivity index (χ2v) is 16.0. The van der Waals surface area contributed by atoms with Crippen LogP contribution in [-0.2, 0) is 39.9 Å². The van der Waals surface area contributed by atoms with E-state index in [4.69, 9.17) is 52.4 Å². The molecular weight excluding hydrogens is 662 g/mol. The smallest absolute Gasteiger partial charge is 0.323 e. The number of nitrogens with two attached hydrogens (primary N) is 1. The summed E-state index contributed by atoms with van der Waals surface area (Å²) in [6, 6.07) is -0.940. The van der Waals surface area contributed by atoms with Gasteiger partial charge in [-0.05, 0) is 39.5 Å². The molecule has 0 saturated carbocycles. The van der Waals surface area contributed by atoms with Crippen LogP contribution in [0.2, 0.25) is 0 Å². The summed E-state index contributed by atoms with van der Waals surface area (Å²) in [6.07, 6.45) is -4.02. The van der Waals surface area contributed by atoms with Gasteiger partial charge in [0.1, 0.15) is 18.2 Å². The molecule has 0 aliphatic carbocycles. The molecule has 0 bridgehead atoms. The van der Waals surface area contributed by atoms with Gasteiger partial charge in [0.15, 0.2) is 22.5 Å². The zero-order valence-electron chi connectivity index (χ0n) is 25.5. The van der Waals surface area contributed by atoms with Crippen LogP contribution in [0.15, 0.2) is 6.33 Å². The molecule has 3 rings (SSSR count). The summed E-state index contributed by atoms with van der Waals surface area (Å²) in [5.41, 5.74) is 5.51. The van der Waals surface area contributed by atoms with Crippen molar-refractivity contribution in [3.8, 4) is 5.88 Å². The first kappa shape index (κ1) is 36.8. The van der Waals surface area contributed by atoms with Gasteiger partial charge in [-0.25, -0.2) is 14.5 Å². The quantitative estimate of drug-likeness (QED) is 0.113. The number of carbonyl (C=O) groups is 2. The van der Waals surface area contributed by atoms with Crippen LogP contribution >= 0.6 is 30.0 Å². The first-order valence-corrected chi connectivity index (χ1v) is 17.8. The predicted molar refractivity (Wildman–Crippen MR) is 167 cm³/mol. The maximum Gasteiger partial charge on any atom is 0.323 e. The maximum absolute atomic E-state index is 15.9. The van der Waals surface area contributed by atoms with E-state index >= 15 is 4.39 Å². The molecule has 0 spiro atoms. The van der Waals surface area contributed by atoms with Crippen molar-refractivity contribution in [2.24, 2.45) is 5.41 Å². The largest absolute Gasteiger partial charge is 0.476 e. The molecule has 4 N–H and O–H groups in total. The van der Waals surface area contributed by atoms with Crippen molar-refractivity contribution in [1.82, 2.24) is 24.6 Å². The molecule has 1 aliphatic rings. The number of aliphatic hydroxyl groups excluding tert-OH is 1. The molecule has 1 fully saturated rings. The minimum absolute atomic E-state index is 0.00765. The molecule has 3 heterocycles. The fraction of sp³-hybridized carbons (Fsp3) is 0.720. The van der Waals surface area contributed by atoms with Crippen LogP contribution in [-0.4, -0.2) is 90.8 Å². The third-order valence-corrected chi connectivity index (χ3v) is 10.3. The summed E-state index contributed by atoms with van der Waals surface area (Å²) in [5.74, 6) is -0.412. The number of fused-ring (bicyclic) bond motifs is 1. The van der Waals surface area contributed by atoms with Crippen molar-refractivity contribution in [3.63, 3.8) is 0 Å². The van der Waals surface area contributed by atoms with E-state index in [0.29, 0.717) is 0 Å². The number of imidazole rings is 1. The Balaban J connectivity index is 1.78. The molecule has 0 unspecified atom stereocenters. The van der Waals surface area contributed by atoms with Gasteiger partial charge in [0.2, 0.25) is 11.8 Å². The van der Waals surface area contributed by atoms with Crippen molar-refractivity contribution >= 4 is 70.0 Å². The number of nitrogens with zero attached hydrogens (tertiary/aromatic N) is 4. The number of thioether (sulfide) groups is 1. The van der Waals surface area contributed by atoms with Gasteiger partial charge in [0.05, 0.1) is 32.3 Å². The van der Waals surface area contributed by atoms with Crippen molar-refractivity contribution in [2.75, 3.05) is 31.3 Å². The first-order chi connectivity index (χ1) is 20.4. The molecule has 1 saturated heterocycles. The van der Waals surface area contributed by atoms with Gasteiger partial charge in [0.25, 0.3) is 11.8 Å². The lowest BCUT2D eigenvalue weighted by Crippen LogP contribution is -2.39. The van der Waals surface area contributed by atoms with Gasteiger partial charge in [-0.3, -0.25) is 14.2 Å². The van der Waals surface area contributed by atoms with E-state index in [1.807, 2.05) is 0 Å². The summed E-state index contributed by atoms with van der Waals surface area (Å²) < 4.78 is 45.3. The van der Waals surface area contributed by atoms with E-state index in [1.165, 1.54) is 17.8 Å². The number of nitrogen functional groups attached to an aromatic ring is 1.